The maximum absolute atomic E-state index is 10.5. The quantitative estimate of drug-likeness (QED) is 0.465. The van der Waals surface area contributed by atoms with Gasteiger partial charge in [-0.2, -0.15) is 0 Å². The number of hydrogen-bond acceptors (Lipinski definition) is 5. The zero-order valence-electron chi connectivity index (χ0n) is 9.05. The van der Waals surface area contributed by atoms with Crippen LogP contribution < -0.4 is 5.32 Å². The summed E-state index contributed by atoms with van der Waals surface area (Å²) in [5, 5.41) is 13.9. The first kappa shape index (κ1) is 11.7. The van der Waals surface area contributed by atoms with Gasteiger partial charge in [0, 0.05) is 42.8 Å². The number of aromatic amines is 1. The van der Waals surface area contributed by atoms with Crippen molar-refractivity contribution in [1.29, 1.82) is 0 Å². The van der Waals surface area contributed by atoms with E-state index in [1.54, 1.807) is 18.5 Å². The number of thiophene rings is 1. The molecule has 17 heavy (non-hydrogen) atoms. The second-order valence-corrected chi connectivity index (χ2v) is 4.61. The van der Waals surface area contributed by atoms with E-state index in [2.05, 4.69) is 15.3 Å². The number of rotatable bonds is 6. The highest BCUT2D eigenvalue weighted by Crippen LogP contribution is 2.23. The molecular formula is C10H12N4O2S. The third-order valence-corrected chi connectivity index (χ3v) is 3.26. The fourth-order valence-electron chi connectivity index (χ4n) is 1.41. The van der Waals surface area contributed by atoms with Crippen LogP contribution in [-0.2, 0) is 13.0 Å². The summed E-state index contributed by atoms with van der Waals surface area (Å²) in [7, 11) is 0. The van der Waals surface area contributed by atoms with Crippen molar-refractivity contribution in [3.63, 3.8) is 0 Å². The molecule has 0 saturated carbocycles. The van der Waals surface area contributed by atoms with Gasteiger partial charge in [-0.25, -0.2) is 4.98 Å². The monoisotopic (exact) mass is 252 g/mol. The first-order chi connectivity index (χ1) is 8.25. The predicted octanol–water partition coefficient (Wildman–Crippen LogP) is 1.71. The predicted molar refractivity (Wildman–Crippen MR) is 65.0 cm³/mol. The van der Waals surface area contributed by atoms with Gasteiger partial charge < -0.3 is 10.3 Å². The lowest BCUT2D eigenvalue weighted by Crippen LogP contribution is -2.16. The lowest BCUT2D eigenvalue weighted by molar-refractivity contribution is -0.380. The summed E-state index contributed by atoms with van der Waals surface area (Å²) in [4.78, 5) is 18.2. The summed E-state index contributed by atoms with van der Waals surface area (Å²) in [5.74, 6) is 0.940. The molecule has 0 unspecified atom stereocenters. The van der Waals surface area contributed by atoms with Crippen molar-refractivity contribution in [2.45, 2.75) is 13.0 Å². The average molecular weight is 252 g/mol. The average Bonchev–Trinajstić information content (AvgIpc) is 2.96. The maximum Gasteiger partial charge on any atom is 0.324 e. The number of nitrogens with one attached hydrogen (secondary N) is 2. The minimum atomic E-state index is -0.364. The molecule has 2 aromatic heterocycles. The van der Waals surface area contributed by atoms with Gasteiger partial charge in [0.05, 0.1) is 4.92 Å². The molecule has 0 fully saturated rings. The van der Waals surface area contributed by atoms with E-state index >= 15 is 0 Å². The minimum absolute atomic E-state index is 0.188. The van der Waals surface area contributed by atoms with Gasteiger partial charge in [0.15, 0.2) is 0 Å². The van der Waals surface area contributed by atoms with Crippen molar-refractivity contribution in [3.8, 4) is 0 Å². The molecule has 2 aromatic rings. The van der Waals surface area contributed by atoms with Crippen LogP contribution in [0.25, 0.3) is 0 Å². The zero-order valence-corrected chi connectivity index (χ0v) is 9.87. The van der Waals surface area contributed by atoms with Crippen LogP contribution in [0.5, 0.6) is 0 Å². The number of nitrogens with zero attached hydrogens (tertiary/aromatic N) is 2. The summed E-state index contributed by atoms with van der Waals surface area (Å²) >= 11 is 1.20. The van der Waals surface area contributed by atoms with Crippen molar-refractivity contribution >= 4 is 16.3 Å². The molecule has 2 N–H and O–H groups in total. The maximum atomic E-state index is 10.5. The Balaban J connectivity index is 1.72. The van der Waals surface area contributed by atoms with Gasteiger partial charge in [0.1, 0.15) is 5.82 Å². The SMILES string of the molecule is O=[N+]([O-])c1ccc(CNCCc2ncc[nH]2)s1. The van der Waals surface area contributed by atoms with Crippen LogP contribution >= 0.6 is 11.3 Å². The largest absolute Gasteiger partial charge is 0.349 e. The van der Waals surface area contributed by atoms with Crippen LogP contribution in [0.1, 0.15) is 10.7 Å². The second kappa shape index (κ2) is 5.55. The second-order valence-electron chi connectivity index (χ2n) is 3.46. The van der Waals surface area contributed by atoms with Gasteiger partial charge in [-0.05, 0) is 6.07 Å². The first-order valence-corrected chi connectivity index (χ1v) is 5.99. The zero-order chi connectivity index (χ0) is 12.1. The molecule has 0 aliphatic carbocycles. The van der Waals surface area contributed by atoms with Crippen molar-refractivity contribution in [2.75, 3.05) is 6.54 Å². The molecular weight excluding hydrogens is 240 g/mol. The van der Waals surface area contributed by atoms with Gasteiger partial charge in [0.2, 0.25) is 0 Å². The number of aromatic nitrogens is 2. The fourth-order valence-corrected chi connectivity index (χ4v) is 2.20. The van der Waals surface area contributed by atoms with Gasteiger partial charge in [0.25, 0.3) is 0 Å². The Morgan fingerprint density at radius 1 is 1.53 bits per heavy atom. The van der Waals surface area contributed by atoms with E-state index in [4.69, 9.17) is 0 Å². The molecule has 0 saturated heterocycles. The summed E-state index contributed by atoms with van der Waals surface area (Å²) in [6.45, 7) is 1.44. The van der Waals surface area contributed by atoms with Crippen LogP contribution in [0.15, 0.2) is 24.5 Å². The van der Waals surface area contributed by atoms with Crippen LogP contribution in [0.4, 0.5) is 5.00 Å². The Hall–Kier alpha value is -1.73. The Bertz CT molecular complexity index is 480. The number of hydrogen-bond donors (Lipinski definition) is 2. The molecule has 90 valence electrons. The molecule has 2 heterocycles. The topological polar surface area (TPSA) is 83.8 Å². The lowest BCUT2D eigenvalue weighted by Gasteiger charge is -2.00. The molecule has 6 nitrogen and oxygen atoms in total. The fraction of sp³-hybridized carbons (Fsp3) is 0.300. The molecule has 0 aliphatic heterocycles. The van der Waals surface area contributed by atoms with Crippen LogP contribution in [-0.4, -0.2) is 21.4 Å². The number of nitro groups is 1. The molecule has 0 atom stereocenters. The highest BCUT2D eigenvalue weighted by Gasteiger charge is 2.08. The smallest absolute Gasteiger partial charge is 0.324 e. The summed E-state index contributed by atoms with van der Waals surface area (Å²) in [6, 6.07) is 3.32. The van der Waals surface area contributed by atoms with E-state index in [1.165, 1.54) is 17.4 Å². The Kier molecular flexibility index (Phi) is 3.84. The summed E-state index contributed by atoms with van der Waals surface area (Å²) < 4.78 is 0. The molecule has 0 bridgehead atoms. The molecule has 0 amide bonds. The molecule has 0 aromatic carbocycles. The summed E-state index contributed by atoms with van der Waals surface area (Å²) in [5.41, 5.74) is 0. The normalized spacial score (nSPS) is 10.6. The van der Waals surface area contributed by atoms with Crippen molar-refractivity contribution < 1.29 is 4.92 Å². The number of imidazole rings is 1. The van der Waals surface area contributed by atoms with Gasteiger partial charge in [-0.15, -0.1) is 0 Å². The van der Waals surface area contributed by atoms with E-state index < -0.39 is 0 Å². The van der Waals surface area contributed by atoms with Crippen LogP contribution in [0.2, 0.25) is 0 Å². The summed E-state index contributed by atoms with van der Waals surface area (Å²) in [6.07, 6.45) is 4.33. The van der Waals surface area contributed by atoms with E-state index in [0.717, 1.165) is 23.7 Å². The third kappa shape index (κ3) is 3.36. The Morgan fingerprint density at radius 2 is 2.41 bits per heavy atom. The first-order valence-electron chi connectivity index (χ1n) is 5.18. The molecule has 0 radical (unpaired) electrons. The van der Waals surface area contributed by atoms with Crippen molar-refractivity contribution in [1.82, 2.24) is 15.3 Å². The van der Waals surface area contributed by atoms with Crippen molar-refractivity contribution in [3.05, 3.63) is 45.3 Å². The Labute approximate surface area is 102 Å². The number of H-pyrrole nitrogens is 1. The van der Waals surface area contributed by atoms with E-state index in [-0.39, 0.29) is 9.92 Å². The highest BCUT2D eigenvalue weighted by molar-refractivity contribution is 7.15. The molecule has 7 heteroatoms. The Morgan fingerprint density at radius 3 is 3.06 bits per heavy atom. The van der Waals surface area contributed by atoms with E-state index in [1.807, 2.05) is 0 Å². The van der Waals surface area contributed by atoms with Crippen LogP contribution in [0.3, 0.4) is 0 Å². The van der Waals surface area contributed by atoms with E-state index in [9.17, 15) is 10.1 Å². The molecule has 0 spiro atoms. The van der Waals surface area contributed by atoms with Gasteiger partial charge in [-0.3, -0.25) is 10.1 Å². The van der Waals surface area contributed by atoms with Crippen molar-refractivity contribution in [2.24, 2.45) is 0 Å². The highest BCUT2D eigenvalue weighted by atomic mass is 32.1. The lowest BCUT2D eigenvalue weighted by atomic mass is 10.4. The van der Waals surface area contributed by atoms with Gasteiger partial charge in [-0.1, -0.05) is 11.3 Å². The van der Waals surface area contributed by atoms with Crippen LogP contribution in [0, 0.1) is 10.1 Å². The molecule has 0 aliphatic rings. The minimum Gasteiger partial charge on any atom is -0.349 e. The van der Waals surface area contributed by atoms with Gasteiger partial charge >= 0.3 is 5.00 Å². The van der Waals surface area contributed by atoms with E-state index in [0.29, 0.717) is 6.54 Å². The molecule has 2 rings (SSSR count). The standard InChI is InChI=1S/C10H12N4O2S/c15-14(16)10-2-1-8(17-10)7-11-4-3-9-12-5-6-13-9/h1-2,5-6,11H,3-4,7H2,(H,12,13). The third-order valence-electron chi connectivity index (χ3n) is 2.22.